The Labute approximate surface area is 124 Å². The molecule has 0 aliphatic carbocycles. The zero-order valence-electron chi connectivity index (χ0n) is 13.1. The van der Waals surface area contributed by atoms with Crippen LogP contribution in [0.5, 0.6) is 0 Å². The smallest absolute Gasteiger partial charge is 0.231 e. The number of rotatable bonds is 5. The second kappa shape index (κ2) is 6.35. The average molecular weight is 291 g/mol. The molecule has 0 amide bonds. The molecule has 1 aromatic carbocycles. The Kier molecular flexibility index (Phi) is 4.73. The van der Waals surface area contributed by atoms with Gasteiger partial charge in [0.05, 0.1) is 5.92 Å². The van der Waals surface area contributed by atoms with Crippen LogP contribution in [0.15, 0.2) is 22.7 Å². The highest BCUT2D eigenvalue weighted by Crippen LogP contribution is 2.29. The van der Waals surface area contributed by atoms with E-state index in [0.29, 0.717) is 23.2 Å². The molecule has 0 saturated heterocycles. The van der Waals surface area contributed by atoms with Gasteiger partial charge < -0.3 is 9.84 Å². The van der Waals surface area contributed by atoms with E-state index in [1.807, 2.05) is 14.0 Å². The highest BCUT2D eigenvalue weighted by atomic mass is 19.1. The molecule has 21 heavy (non-hydrogen) atoms. The minimum atomic E-state index is -0.300. The minimum Gasteiger partial charge on any atom is -0.339 e. The van der Waals surface area contributed by atoms with Crippen molar-refractivity contribution in [2.45, 2.75) is 39.7 Å². The maximum absolute atomic E-state index is 13.4. The molecule has 4 nitrogen and oxygen atoms in total. The van der Waals surface area contributed by atoms with Gasteiger partial charge in [-0.15, -0.1) is 0 Å². The lowest BCUT2D eigenvalue weighted by atomic mass is 9.89. The average Bonchev–Trinajstić information content (AvgIpc) is 2.90. The van der Waals surface area contributed by atoms with Crippen molar-refractivity contribution < 1.29 is 8.91 Å². The molecule has 2 rings (SSSR count). The Bertz CT molecular complexity index is 609. The van der Waals surface area contributed by atoms with Crippen LogP contribution in [0.1, 0.15) is 38.1 Å². The Morgan fingerprint density at radius 3 is 2.57 bits per heavy atom. The van der Waals surface area contributed by atoms with Crippen molar-refractivity contribution in [1.29, 1.82) is 0 Å². The first-order valence-corrected chi connectivity index (χ1v) is 7.21. The van der Waals surface area contributed by atoms with Crippen molar-refractivity contribution in [2.24, 2.45) is 5.92 Å². The van der Waals surface area contributed by atoms with E-state index < -0.39 is 0 Å². The summed E-state index contributed by atoms with van der Waals surface area (Å²) in [7, 11) is 1.91. The van der Waals surface area contributed by atoms with Gasteiger partial charge in [-0.25, -0.2) is 4.39 Å². The van der Waals surface area contributed by atoms with Gasteiger partial charge in [0, 0.05) is 11.6 Å². The number of halogens is 1. The Morgan fingerprint density at radius 2 is 1.95 bits per heavy atom. The van der Waals surface area contributed by atoms with E-state index in [0.717, 1.165) is 5.56 Å². The molecule has 1 heterocycles. The lowest BCUT2D eigenvalue weighted by molar-refractivity contribution is 0.286. The third kappa shape index (κ3) is 3.29. The van der Waals surface area contributed by atoms with Crippen LogP contribution in [0.25, 0.3) is 11.4 Å². The normalized spacial score (nSPS) is 14.4. The summed E-state index contributed by atoms with van der Waals surface area (Å²) in [6.45, 7) is 8.23. The number of aryl methyl sites for hydroxylation is 1. The van der Waals surface area contributed by atoms with Gasteiger partial charge in [-0.1, -0.05) is 25.1 Å². The van der Waals surface area contributed by atoms with E-state index in [2.05, 4.69) is 36.2 Å². The van der Waals surface area contributed by atoms with Gasteiger partial charge >= 0.3 is 0 Å². The second-order valence-corrected chi connectivity index (χ2v) is 5.76. The molecule has 0 aliphatic rings. The Morgan fingerprint density at radius 1 is 1.24 bits per heavy atom. The lowest BCUT2D eigenvalue weighted by Crippen LogP contribution is -2.32. The molecule has 2 atom stereocenters. The van der Waals surface area contributed by atoms with Gasteiger partial charge in [0.25, 0.3) is 0 Å². The molecule has 2 aromatic rings. The Hall–Kier alpha value is -1.75. The maximum atomic E-state index is 13.4. The standard InChI is InChI=1S/C16H22FN3O/c1-9(2)14(11(4)18-5)16-19-15(20-21-16)13-8-12(17)7-6-10(13)3/h6-9,11,14,18H,1-5H3. The number of likely N-dealkylation sites (N-methyl/N-ethyl adjacent to an activating group) is 1. The lowest BCUT2D eigenvalue weighted by Gasteiger charge is -2.23. The van der Waals surface area contributed by atoms with E-state index >= 15 is 0 Å². The zero-order chi connectivity index (χ0) is 15.6. The van der Waals surface area contributed by atoms with Crippen LogP contribution < -0.4 is 5.32 Å². The number of nitrogens with one attached hydrogen (secondary N) is 1. The molecular weight excluding hydrogens is 269 g/mol. The van der Waals surface area contributed by atoms with Crippen LogP contribution >= 0.6 is 0 Å². The summed E-state index contributed by atoms with van der Waals surface area (Å²) < 4.78 is 18.8. The van der Waals surface area contributed by atoms with E-state index in [1.165, 1.54) is 12.1 Å². The summed E-state index contributed by atoms with van der Waals surface area (Å²) in [6.07, 6.45) is 0. The zero-order valence-corrected chi connectivity index (χ0v) is 13.1. The molecule has 0 saturated carbocycles. The highest BCUT2D eigenvalue weighted by molar-refractivity contribution is 5.59. The first-order chi connectivity index (χ1) is 9.93. The SMILES string of the molecule is CNC(C)C(c1nc(-c2cc(F)ccc2C)no1)C(C)C. The van der Waals surface area contributed by atoms with Gasteiger partial charge in [-0.3, -0.25) is 0 Å². The fraction of sp³-hybridized carbons (Fsp3) is 0.500. The van der Waals surface area contributed by atoms with Crippen LogP contribution in [-0.4, -0.2) is 23.2 Å². The molecule has 2 unspecified atom stereocenters. The van der Waals surface area contributed by atoms with E-state index in [1.54, 1.807) is 6.07 Å². The number of hydrogen-bond acceptors (Lipinski definition) is 4. The van der Waals surface area contributed by atoms with Crippen molar-refractivity contribution in [1.82, 2.24) is 15.5 Å². The van der Waals surface area contributed by atoms with Crippen LogP contribution in [-0.2, 0) is 0 Å². The fourth-order valence-corrected chi connectivity index (χ4v) is 2.57. The molecule has 5 heteroatoms. The molecule has 0 fully saturated rings. The molecule has 114 valence electrons. The van der Waals surface area contributed by atoms with Crippen molar-refractivity contribution in [3.8, 4) is 11.4 Å². The Balaban J connectivity index is 2.38. The van der Waals surface area contributed by atoms with Crippen LogP contribution in [0, 0.1) is 18.7 Å². The van der Waals surface area contributed by atoms with Crippen LogP contribution in [0.3, 0.4) is 0 Å². The molecular formula is C16H22FN3O. The molecule has 0 bridgehead atoms. The van der Waals surface area contributed by atoms with Gasteiger partial charge in [0.2, 0.25) is 11.7 Å². The van der Waals surface area contributed by atoms with Gasteiger partial charge in [0.1, 0.15) is 5.82 Å². The van der Waals surface area contributed by atoms with E-state index in [9.17, 15) is 4.39 Å². The summed E-state index contributed by atoms with van der Waals surface area (Å²) in [6, 6.07) is 4.80. The third-order valence-corrected chi connectivity index (χ3v) is 3.88. The van der Waals surface area contributed by atoms with E-state index in [-0.39, 0.29) is 17.8 Å². The quantitative estimate of drug-likeness (QED) is 0.915. The van der Waals surface area contributed by atoms with Crippen LogP contribution in [0.4, 0.5) is 4.39 Å². The van der Waals surface area contributed by atoms with Crippen molar-refractivity contribution >= 4 is 0 Å². The van der Waals surface area contributed by atoms with Gasteiger partial charge in [0.15, 0.2) is 0 Å². The molecule has 0 radical (unpaired) electrons. The summed E-state index contributed by atoms with van der Waals surface area (Å²) in [4.78, 5) is 4.49. The largest absolute Gasteiger partial charge is 0.339 e. The second-order valence-electron chi connectivity index (χ2n) is 5.76. The summed E-state index contributed by atoms with van der Waals surface area (Å²) in [5, 5.41) is 7.25. The summed E-state index contributed by atoms with van der Waals surface area (Å²) in [5.41, 5.74) is 1.59. The van der Waals surface area contributed by atoms with Gasteiger partial charge in [-0.2, -0.15) is 4.98 Å². The number of aromatic nitrogens is 2. The highest BCUT2D eigenvalue weighted by Gasteiger charge is 2.27. The monoisotopic (exact) mass is 291 g/mol. The van der Waals surface area contributed by atoms with E-state index in [4.69, 9.17) is 4.52 Å². The van der Waals surface area contributed by atoms with Crippen LogP contribution in [0.2, 0.25) is 0 Å². The molecule has 1 N–H and O–H groups in total. The van der Waals surface area contributed by atoms with Gasteiger partial charge in [-0.05, 0) is 44.5 Å². The summed E-state index contributed by atoms with van der Waals surface area (Å²) in [5.74, 6) is 1.20. The third-order valence-electron chi connectivity index (χ3n) is 3.88. The number of nitrogens with zero attached hydrogens (tertiary/aromatic N) is 2. The fourth-order valence-electron chi connectivity index (χ4n) is 2.57. The molecule has 0 aliphatic heterocycles. The topological polar surface area (TPSA) is 51.0 Å². The number of benzene rings is 1. The van der Waals surface area contributed by atoms with Crippen molar-refractivity contribution in [3.63, 3.8) is 0 Å². The predicted molar refractivity (Wildman–Crippen MR) is 80.5 cm³/mol. The predicted octanol–water partition coefficient (Wildman–Crippen LogP) is 3.53. The maximum Gasteiger partial charge on any atom is 0.231 e. The van der Waals surface area contributed by atoms with Crippen molar-refractivity contribution in [2.75, 3.05) is 7.05 Å². The first-order valence-electron chi connectivity index (χ1n) is 7.21. The first kappa shape index (κ1) is 15.6. The minimum absolute atomic E-state index is 0.116. The molecule has 1 aromatic heterocycles. The number of hydrogen-bond donors (Lipinski definition) is 1. The molecule has 0 spiro atoms. The summed E-state index contributed by atoms with van der Waals surface area (Å²) >= 11 is 0. The van der Waals surface area contributed by atoms with Crippen molar-refractivity contribution in [3.05, 3.63) is 35.5 Å².